The van der Waals surface area contributed by atoms with E-state index in [-0.39, 0.29) is 5.25 Å². The Morgan fingerprint density at radius 2 is 1.95 bits per heavy atom. The van der Waals surface area contributed by atoms with Gasteiger partial charge in [0.25, 0.3) is 0 Å². The van der Waals surface area contributed by atoms with Crippen molar-refractivity contribution in [3.05, 3.63) is 0 Å². The molecule has 0 bridgehead atoms. The average molecular weight is 289 g/mol. The number of piperidine rings is 1. The fourth-order valence-corrected chi connectivity index (χ4v) is 4.83. The summed E-state index contributed by atoms with van der Waals surface area (Å²) < 4.78 is 26.8. The predicted octanol–water partition coefficient (Wildman–Crippen LogP) is 0.484. The molecule has 2 aliphatic heterocycles. The summed E-state index contributed by atoms with van der Waals surface area (Å²) in [5, 5.41) is 2.99. The van der Waals surface area contributed by atoms with E-state index in [1.54, 1.807) is 4.31 Å². The lowest BCUT2D eigenvalue weighted by molar-refractivity contribution is 0.142. The average Bonchev–Trinajstić information content (AvgIpc) is 2.47. The third kappa shape index (κ3) is 3.48. The van der Waals surface area contributed by atoms with E-state index in [0.717, 1.165) is 38.9 Å². The fourth-order valence-electron chi connectivity index (χ4n) is 2.94. The minimum absolute atomic E-state index is 0.212. The maximum absolute atomic E-state index is 12.6. The third-order valence-electron chi connectivity index (χ3n) is 4.52. The highest BCUT2D eigenvalue weighted by Crippen LogP contribution is 2.19. The van der Waals surface area contributed by atoms with Crippen LogP contribution in [-0.2, 0) is 10.0 Å². The summed E-state index contributed by atoms with van der Waals surface area (Å²) in [4.78, 5) is 2.39. The molecule has 0 amide bonds. The van der Waals surface area contributed by atoms with Crippen molar-refractivity contribution in [3.63, 3.8) is 0 Å². The lowest BCUT2D eigenvalue weighted by atomic mass is 10.2. The van der Waals surface area contributed by atoms with Gasteiger partial charge >= 0.3 is 0 Å². The standard InChI is InChI=1S/C13H27N3O2S/c1-3-12(2)15-7-9-16(10-8-15)19(17,18)13-5-4-6-14-11-13/h12-14H,3-11H2,1-2H3. The largest absolute Gasteiger partial charge is 0.315 e. The molecule has 2 unspecified atom stereocenters. The molecule has 112 valence electrons. The van der Waals surface area contributed by atoms with Crippen molar-refractivity contribution < 1.29 is 8.42 Å². The molecule has 5 nitrogen and oxygen atoms in total. The van der Waals surface area contributed by atoms with Crippen LogP contribution in [0.25, 0.3) is 0 Å². The highest BCUT2D eigenvalue weighted by atomic mass is 32.2. The zero-order valence-corrected chi connectivity index (χ0v) is 13.0. The van der Waals surface area contributed by atoms with Crippen molar-refractivity contribution in [3.8, 4) is 0 Å². The zero-order chi connectivity index (χ0) is 13.9. The molecule has 2 rings (SSSR count). The molecule has 0 aliphatic carbocycles. The first kappa shape index (κ1) is 15.2. The predicted molar refractivity (Wildman–Crippen MR) is 77.7 cm³/mol. The van der Waals surface area contributed by atoms with Crippen LogP contribution in [0, 0.1) is 0 Å². The van der Waals surface area contributed by atoms with E-state index in [0.29, 0.717) is 25.7 Å². The molecule has 2 heterocycles. The highest BCUT2D eigenvalue weighted by Gasteiger charge is 2.35. The number of hydrogen-bond acceptors (Lipinski definition) is 4. The van der Waals surface area contributed by atoms with E-state index < -0.39 is 10.0 Å². The summed E-state index contributed by atoms with van der Waals surface area (Å²) in [6.45, 7) is 9.02. The van der Waals surface area contributed by atoms with Gasteiger partial charge in [-0.25, -0.2) is 8.42 Å². The Hall–Kier alpha value is -0.170. The quantitative estimate of drug-likeness (QED) is 0.818. The maximum Gasteiger partial charge on any atom is 0.218 e. The molecule has 6 heteroatoms. The van der Waals surface area contributed by atoms with Gasteiger partial charge in [-0.3, -0.25) is 4.90 Å². The maximum atomic E-state index is 12.6. The first-order valence-electron chi connectivity index (χ1n) is 7.49. The number of nitrogens with zero attached hydrogens (tertiary/aromatic N) is 2. The molecule has 0 aromatic rings. The molecule has 19 heavy (non-hydrogen) atoms. The summed E-state index contributed by atoms with van der Waals surface area (Å²) in [6.07, 6.45) is 2.90. The molecule has 0 spiro atoms. The Kier molecular flexibility index (Phi) is 5.22. The lowest BCUT2D eigenvalue weighted by Gasteiger charge is -2.39. The molecule has 2 saturated heterocycles. The Morgan fingerprint density at radius 1 is 1.26 bits per heavy atom. The van der Waals surface area contributed by atoms with Crippen LogP contribution in [0.1, 0.15) is 33.1 Å². The molecular formula is C13H27N3O2S. The Balaban J connectivity index is 1.92. The van der Waals surface area contributed by atoms with Gasteiger partial charge in [0.1, 0.15) is 0 Å². The second kappa shape index (κ2) is 6.52. The summed E-state index contributed by atoms with van der Waals surface area (Å²) in [7, 11) is -3.10. The van der Waals surface area contributed by atoms with Crippen LogP contribution in [0.5, 0.6) is 0 Å². The van der Waals surface area contributed by atoms with Gasteiger partial charge in [0, 0.05) is 38.8 Å². The van der Waals surface area contributed by atoms with E-state index in [2.05, 4.69) is 24.1 Å². The molecule has 0 aromatic carbocycles. The highest BCUT2D eigenvalue weighted by molar-refractivity contribution is 7.89. The third-order valence-corrected chi connectivity index (χ3v) is 6.85. The molecule has 2 fully saturated rings. The first-order chi connectivity index (χ1) is 9.05. The van der Waals surface area contributed by atoms with E-state index >= 15 is 0 Å². The molecule has 2 atom stereocenters. The van der Waals surface area contributed by atoms with Crippen molar-refractivity contribution in [2.45, 2.75) is 44.4 Å². The van der Waals surface area contributed by atoms with Crippen LogP contribution < -0.4 is 5.32 Å². The van der Waals surface area contributed by atoms with Crippen LogP contribution in [-0.4, -0.2) is 68.2 Å². The SMILES string of the molecule is CCC(C)N1CCN(S(=O)(=O)C2CCCNC2)CC1. The number of piperazine rings is 1. The lowest BCUT2D eigenvalue weighted by Crippen LogP contribution is -2.54. The number of sulfonamides is 1. The van der Waals surface area contributed by atoms with Gasteiger partial charge in [-0.05, 0) is 32.7 Å². The van der Waals surface area contributed by atoms with Crippen LogP contribution in [0.15, 0.2) is 0 Å². The molecule has 0 aromatic heterocycles. The van der Waals surface area contributed by atoms with Crippen molar-refractivity contribution >= 4 is 10.0 Å². The molecule has 0 saturated carbocycles. The fraction of sp³-hybridized carbons (Fsp3) is 1.00. The molecule has 0 radical (unpaired) electrons. The Morgan fingerprint density at radius 3 is 2.47 bits per heavy atom. The number of nitrogens with one attached hydrogen (secondary N) is 1. The summed E-state index contributed by atoms with van der Waals surface area (Å²) >= 11 is 0. The summed E-state index contributed by atoms with van der Waals surface area (Å²) in [6, 6.07) is 0.557. The summed E-state index contributed by atoms with van der Waals surface area (Å²) in [5.41, 5.74) is 0. The van der Waals surface area contributed by atoms with Gasteiger partial charge in [-0.1, -0.05) is 6.92 Å². The van der Waals surface area contributed by atoms with E-state index in [1.165, 1.54) is 0 Å². The van der Waals surface area contributed by atoms with E-state index in [9.17, 15) is 8.42 Å². The second-order valence-corrected chi connectivity index (χ2v) is 7.92. The van der Waals surface area contributed by atoms with Gasteiger partial charge in [0.15, 0.2) is 0 Å². The van der Waals surface area contributed by atoms with Gasteiger partial charge < -0.3 is 5.32 Å². The Labute approximate surface area is 117 Å². The second-order valence-electron chi connectivity index (χ2n) is 5.71. The topological polar surface area (TPSA) is 52.7 Å². The van der Waals surface area contributed by atoms with E-state index in [4.69, 9.17) is 0 Å². The van der Waals surface area contributed by atoms with E-state index in [1.807, 2.05) is 0 Å². The molecule has 1 N–H and O–H groups in total. The number of hydrogen-bond donors (Lipinski definition) is 1. The van der Waals surface area contributed by atoms with Crippen molar-refractivity contribution in [1.82, 2.24) is 14.5 Å². The van der Waals surface area contributed by atoms with Crippen LogP contribution in [0.4, 0.5) is 0 Å². The van der Waals surface area contributed by atoms with Crippen molar-refractivity contribution in [2.75, 3.05) is 39.3 Å². The number of rotatable bonds is 4. The smallest absolute Gasteiger partial charge is 0.218 e. The first-order valence-corrected chi connectivity index (χ1v) is 8.99. The zero-order valence-electron chi connectivity index (χ0n) is 12.1. The van der Waals surface area contributed by atoms with Gasteiger partial charge in [0.2, 0.25) is 10.0 Å². The summed E-state index contributed by atoms with van der Waals surface area (Å²) in [5.74, 6) is 0. The van der Waals surface area contributed by atoms with Gasteiger partial charge in [0.05, 0.1) is 5.25 Å². The van der Waals surface area contributed by atoms with Crippen LogP contribution in [0.2, 0.25) is 0 Å². The van der Waals surface area contributed by atoms with Crippen molar-refractivity contribution in [2.24, 2.45) is 0 Å². The minimum atomic E-state index is -3.10. The van der Waals surface area contributed by atoms with Crippen LogP contribution in [0.3, 0.4) is 0 Å². The normalized spacial score (nSPS) is 29.3. The Bertz CT molecular complexity index is 371. The van der Waals surface area contributed by atoms with Gasteiger partial charge in [-0.2, -0.15) is 4.31 Å². The van der Waals surface area contributed by atoms with Crippen LogP contribution >= 0.6 is 0 Å². The minimum Gasteiger partial charge on any atom is -0.315 e. The molecule has 2 aliphatic rings. The van der Waals surface area contributed by atoms with Crippen molar-refractivity contribution in [1.29, 1.82) is 0 Å². The van der Waals surface area contributed by atoms with Gasteiger partial charge in [-0.15, -0.1) is 0 Å². The monoisotopic (exact) mass is 289 g/mol. The molecular weight excluding hydrogens is 262 g/mol.